The molecule has 1 aromatic heterocycles. The smallest absolute Gasteiger partial charge is 0.251 e. The Kier molecular flexibility index (Phi) is 7.77. The van der Waals surface area contributed by atoms with E-state index in [1.807, 2.05) is 25.1 Å². The topological polar surface area (TPSA) is 73.4 Å². The lowest BCUT2D eigenvalue weighted by molar-refractivity contribution is 0.0952. The van der Waals surface area contributed by atoms with Gasteiger partial charge in [0.25, 0.3) is 5.91 Å². The molecular formula is C25H27ClF2N6O. The van der Waals surface area contributed by atoms with Gasteiger partial charge in [-0.1, -0.05) is 23.7 Å². The highest BCUT2D eigenvalue weighted by molar-refractivity contribution is 6.31. The predicted octanol–water partition coefficient (Wildman–Crippen LogP) is 4.19. The van der Waals surface area contributed by atoms with Crippen molar-refractivity contribution in [1.82, 2.24) is 20.2 Å². The molecule has 0 aliphatic carbocycles. The monoisotopic (exact) mass is 500 g/mol. The van der Waals surface area contributed by atoms with Gasteiger partial charge in [-0.2, -0.15) is 0 Å². The first-order chi connectivity index (χ1) is 16.8. The van der Waals surface area contributed by atoms with E-state index in [1.54, 1.807) is 24.4 Å². The number of halogens is 3. The maximum absolute atomic E-state index is 14.4. The number of hydrogen-bond acceptors (Lipinski definition) is 6. The van der Waals surface area contributed by atoms with Gasteiger partial charge in [-0.05, 0) is 51.3 Å². The Labute approximate surface area is 208 Å². The quantitative estimate of drug-likeness (QED) is 0.357. The zero-order chi connectivity index (χ0) is 24.9. The van der Waals surface area contributed by atoms with Gasteiger partial charge in [-0.25, -0.2) is 18.7 Å². The van der Waals surface area contributed by atoms with E-state index in [9.17, 15) is 13.6 Å². The fourth-order valence-corrected chi connectivity index (χ4v) is 4.07. The maximum atomic E-state index is 14.4. The molecule has 1 aliphatic heterocycles. The van der Waals surface area contributed by atoms with Crippen LogP contribution in [0, 0.1) is 11.6 Å². The minimum absolute atomic E-state index is 0.0463. The van der Waals surface area contributed by atoms with Gasteiger partial charge in [0.1, 0.15) is 11.6 Å². The SMILES string of the molecule is CN(C)CCCNC(=O)c1cccc(-c2cnc3c(n2)N(Cc2c(F)ccc(F)c2Cl)CCN3)c1. The fourth-order valence-electron chi connectivity index (χ4n) is 3.86. The third-order valence-corrected chi connectivity index (χ3v) is 6.11. The second kappa shape index (κ2) is 11.0. The second-order valence-corrected chi connectivity index (χ2v) is 8.97. The van der Waals surface area contributed by atoms with E-state index in [0.717, 1.165) is 30.7 Å². The number of benzene rings is 2. The highest BCUT2D eigenvalue weighted by Crippen LogP contribution is 2.32. The normalized spacial score (nSPS) is 12.9. The number of carbonyl (C=O) groups is 1. The summed E-state index contributed by atoms with van der Waals surface area (Å²) in [6, 6.07) is 9.24. The summed E-state index contributed by atoms with van der Waals surface area (Å²) in [5.74, 6) is -0.356. The van der Waals surface area contributed by atoms with Crippen LogP contribution in [0.4, 0.5) is 20.4 Å². The van der Waals surface area contributed by atoms with Gasteiger partial charge in [0.15, 0.2) is 11.6 Å². The standard InChI is InChI=1S/C25H27ClF2N6O/c1-33(2)11-4-9-30-25(35)17-6-3-5-16(13-17)21-14-31-23-24(32-21)34(12-10-29-23)15-18-19(27)7-8-20(28)22(18)26/h3,5-8,13-14H,4,9-12,15H2,1-2H3,(H,29,31)(H,30,35). The number of carbonyl (C=O) groups excluding carboxylic acids is 1. The van der Waals surface area contributed by atoms with Crippen LogP contribution in [0.2, 0.25) is 5.02 Å². The number of nitrogens with zero attached hydrogens (tertiary/aromatic N) is 4. The van der Waals surface area contributed by atoms with Gasteiger partial charge in [0.2, 0.25) is 0 Å². The fraction of sp³-hybridized carbons (Fsp3) is 0.320. The lowest BCUT2D eigenvalue weighted by atomic mass is 10.1. The molecule has 1 aliphatic rings. The Morgan fingerprint density at radius 2 is 2.03 bits per heavy atom. The van der Waals surface area contributed by atoms with Crippen LogP contribution >= 0.6 is 11.6 Å². The molecule has 7 nitrogen and oxygen atoms in total. The summed E-state index contributed by atoms with van der Waals surface area (Å²) < 4.78 is 28.3. The van der Waals surface area contributed by atoms with Crippen LogP contribution in [0.1, 0.15) is 22.3 Å². The largest absolute Gasteiger partial charge is 0.365 e. The number of rotatable bonds is 8. The summed E-state index contributed by atoms with van der Waals surface area (Å²) in [7, 11) is 3.98. The van der Waals surface area contributed by atoms with E-state index in [0.29, 0.717) is 42.5 Å². The third kappa shape index (κ3) is 5.86. The van der Waals surface area contributed by atoms with Crippen molar-refractivity contribution in [3.63, 3.8) is 0 Å². The van der Waals surface area contributed by atoms with Crippen molar-refractivity contribution in [3.8, 4) is 11.3 Å². The second-order valence-electron chi connectivity index (χ2n) is 8.59. The molecule has 0 atom stereocenters. The zero-order valence-corrected chi connectivity index (χ0v) is 20.4. The summed E-state index contributed by atoms with van der Waals surface area (Å²) in [6.07, 6.45) is 2.48. The summed E-state index contributed by atoms with van der Waals surface area (Å²) in [6.45, 7) is 2.59. The van der Waals surface area contributed by atoms with Crippen LogP contribution in [0.15, 0.2) is 42.6 Å². The van der Waals surface area contributed by atoms with Gasteiger partial charge in [0, 0.05) is 42.9 Å². The first kappa shape index (κ1) is 24.8. The van der Waals surface area contributed by atoms with E-state index in [1.165, 1.54) is 0 Å². The van der Waals surface area contributed by atoms with Gasteiger partial charge < -0.3 is 20.4 Å². The highest BCUT2D eigenvalue weighted by Gasteiger charge is 2.23. The van der Waals surface area contributed by atoms with Gasteiger partial charge in [-0.15, -0.1) is 0 Å². The number of hydrogen-bond donors (Lipinski definition) is 2. The van der Waals surface area contributed by atoms with Crippen molar-refractivity contribution in [1.29, 1.82) is 0 Å². The summed E-state index contributed by atoms with van der Waals surface area (Å²) >= 11 is 6.05. The third-order valence-electron chi connectivity index (χ3n) is 5.70. The molecule has 2 N–H and O–H groups in total. The molecule has 2 heterocycles. The van der Waals surface area contributed by atoms with Crippen molar-refractivity contribution in [3.05, 3.63) is 70.4 Å². The van der Waals surface area contributed by atoms with Crippen LogP contribution < -0.4 is 15.5 Å². The van der Waals surface area contributed by atoms with E-state index in [4.69, 9.17) is 16.6 Å². The summed E-state index contributed by atoms with van der Waals surface area (Å²) in [5.41, 5.74) is 1.88. The van der Waals surface area contributed by atoms with Crippen LogP contribution in [-0.2, 0) is 6.54 Å². The molecule has 184 valence electrons. The summed E-state index contributed by atoms with van der Waals surface area (Å²) in [5, 5.41) is 5.88. The number of nitrogens with one attached hydrogen (secondary N) is 2. The molecule has 1 amide bonds. The van der Waals surface area contributed by atoms with E-state index < -0.39 is 11.6 Å². The molecule has 4 rings (SSSR count). The minimum atomic E-state index is -0.671. The molecule has 10 heteroatoms. The van der Waals surface area contributed by atoms with E-state index in [-0.39, 0.29) is 23.0 Å². The number of amides is 1. The molecule has 0 spiro atoms. The number of aromatic nitrogens is 2. The number of fused-ring (bicyclic) bond motifs is 1. The molecule has 0 radical (unpaired) electrons. The molecule has 0 saturated heterocycles. The molecule has 0 saturated carbocycles. The first-order valence-electron chi connectivity index (χ1n) is 11.3. The molecule has 3 aromatic rings. The molecule has 0 bridgehead atoms. The molecule has 35 heavy (non-hydrogen) atoms. The molecule has 2 aromatic carbocycles. The molecule has 0 fully saturated rings. The number of anilines is 2. The predicted molar refractivity (Wildman–Crippen MR) is 134 cm³/mol. The van der Waals surface area contributed by atoms with Crippen molar-refractivity contribution in [2.24, 2.45) is 0 Å². The van der Waals surface area contributed by atoms with Crippen molar-refractivity contribution in [2.75, 3.05) is 50.5 Å². The van der Waals surface area contributed by atoms with E-state index in [2.05, 4.69) is 20.5 Å². The van der Waals surface area contributed by atoms with Crippen molar-refractivity contribution < 1.29 is 13.6 Å². The molecular weight excluding hydrogens is 474 g/mol. The lowest BCUT2D eigenvalue weighted by Gasteiger charge is -2.30. The van der Waals surface area contributed by atoms with Gasteiger partial charge in [0.05, 0.1) is 16.9 Å². The first-order valence-corrected chi connectivity index (χ1v) is 11.7. The maximum Gasteiger partial charge on any atom is 0.251 e. The Morgan fingerprint density at radius 1 is 1.23 bits per heavy atom. The Hall–Kier alpha value is -3.30. The van der Waals surface area contributed by atoms with Gasteiger partial charge in [-0.3, -0.25) is 4.79 Å². The van der Waals surface area contributed by atoms with Crippen LogP contribution in [0.25, 0.3) is 11.3 Å². The van der Waals surface area contributed by atoms with Crippen LogP contribution in [0.5, 0.6) is 0 Å². The summed E-state index contributed by atoms with van der Waals surface area (Å²) in [4.78, 5) is 25.7. The molecule has 0 unspecified atom stereocenters. The van der Waals surface area contributed by atoms with Crippen LogP contribution in [-0.4, -0.2) is 61.0 Å². The van der Waals surface area contributed by atoms with Crippen molar-refractivity contribution in [2.45, 2.75) is 13.0 Å². The average molecular weight is 501 g/mol. The Bertz CT molecular complexity index is 1220. The van der Waals surface area contributed by atoms with Gasteiger partial charge >= 0.3 is 0 Å². The van der Waals surface area contributed by atoms with E-state index >= 15 is 0 Å². The highest BCUT2D eigenvalue weighted by atomic mass is 35.5. The van der Waals surface area contributed by atoms with Crippen LogP contribution in [0.3, 0.4) is 0 Å². The minimum Gasteiger partial charge on any atom is -0.365 e. The Balaban J connectivity index is 1.56. The zero-order valence-electron chi connectivity index (χ0n) is 19.6. The lowest BCUT2D eigenvalue weighted by Crippen LogP contribution is -2.35. The average Bonchev–Trinajstić information content (AvgIpc) is 2.86. The van der Waals surface area contributed by atoms with Crippen molar-refractivity contribution >= 4 is 29.1 Å². The Morgan fingerprint density at radius 3 is 2.83 bits per heavy atom.